The fourth-order valence-corrected chi connectivity index (χ4v) is 3.91. The number of carboxylic acid groups (broad SMARTS) is 1. The molecule has 21 heavy (non-hydrogen) atoms. The van der Waals surface area contributed by atoms with Crippen molar-refractivity contribution in [3.05, 3.63) is 29.6 Å². The van der Waals surface area contributed by atoms with Gasteiger partial charge in [-0.2, -0.15) is 4.31 Å². The summed E-state index contributed by atoms with van der Waals surface area (Å²) in [6.45, 7) is 1.09. The molecule has 1 aromatic carbocycles. The minimum absolute atomic E-state index is 0.127. The highest BCUT2D eigenvalue weighted by Gasteiger charge is 2.41. The third-order valence-corrected chi connectivity index (χ3v) is 5.34. The molecule has 0 aromatic heterocycles. The number of nitrogens with zero attached hydrogens (tertiary/aromatic N) is 1. The van der Waals surface area contributed by atoms with Gasteiger partial charge in [-0.05, 0) is 12.0 Å². The van der Waals surface area contributed by atoms with E-state index < -0.39 is 50.2 Å². The molecule has 1 heterocycles. The number of carbonyl (C=O) groups is 1. The van der Waals surface area contributed by atoms with Crippen LogP contribution in [0, 0.1) is 29.3 Å². The third kappa shape index (κ3) is 2.75. The predicted octanol–water partition coefficient (Wildman–Crippen LogP) is 1.45. The summed E-state index contributed by atoms with van der Waals surface area (Å²) in [5, 5.41) is 8.97. The van der Waals surface area contributed by atoms with E-state index in [0.717, 1.165) is 4.31 Å². The monoisotopic (exact) mass is 323 g/mol. The molecule has 0 aliphatic carbocycles. The predicted molar refractivity (Wildman–Crippen MR) is 65.4 cm³/mol. The van der Waals surface area contributed by atoms with Crippen LogP contribution in [-0.2, 0) is 14.8 Å². The highest BCUT2D eigenvalue weighted by molar-refractivity contribution is 7.89. The number of carboxylic acids is 1. The van der Waals surface area contributed by atoms with E-state index in [2.05, 4.69) is 0 Å². The van der Waals surface area contributed by atoms with Crippen LogP contribution in [0.3, 0.4) is 0 Å². The molecule has 0 unspecified atom stereocenters. The van der Waals surface area contributed by atoms with Crippen molar-refractivity contribution < 1.29 is 31.5 Å². The van der Waals surface area contributed by atoms with Gasteiger partial charge in [0.15, 0.2) is 11.6 Å². The zero-order chi connectivity index (χ0) is 15.9. The first-order valence-electron chi connectivity index (χ1n) is 6.02. The fraction of sp³-hybridized carbons (Fsp3) is 0.417. The van der Waals surface area contributed by atoms with E-state index in [1.165, 1.54) is 0 Å². The van der Waals surface area contributed by atoms with Crippen LogP contribution in [0.2, 0.25) is 0 Å². The van der Waals surface area contributed by atoms with E-state index in [1.54, 1.807) is 6.92 Å². The smallest absolute Gasteiger partial charge is 0.308 e. The van der Waals surface area contributed by atoms with Crippen LogP contribution in [0.15, 0.2) is 17.0 Å². The van der Waals surface area contributed by atoms with Crippen LogP contribution in [-0.4, -0.2) is 36.9 Å². The Labute approximate surface area is 119 Å². The summed E-state index contributed by atoms with van der Waals surface area (Å²) in [5.74, 6) is -6.95. The van der Waals surface area contributed by atoms with E-state index >= 15 is 0 Å². The summed E-state index contributed by atoms with van der Waals surface area (Å²) in [6, 6.07) is 0.412. The molecule has 0 bridgehead atoms. The zero-order valence-corrected chi connectivity index (χ0v) is 11.7. The Bertz CT molecular complexity index is 692. The molecule has 5 nitrogen and oxygen atoms in total. The molecule has 1 saturated heterocycles. The average Bonchev–Trinajstić information content (AvgIpc) is 2.76. The van der Waals surface area contributed by atoms with Gasteiger partial charge in [0, 0.05) is 19.2 Å². The standard InChI is InChI=1S/C12H12F3NO4S/c1-6-4-16(5-7(6)12(17)18)21(19,20)11-3-9(14)8(13)2-10(11)15/h2-3,6-7H,4-5H2,1H3,(H,17,18)/t6-,7-/m1/s1. The lowest BCUT2D eigenvalue weighted by Gasteiger charge is -2.16. The number of benzene rings is 1. The molecule has 2 atom stereocenters. The van der Waals surface area contributed by atoms with Crippen LogP contribution < -0.4 is 0 Å². The van der Waals surface area contributed by atoms with Gasteiger partial charge in [-0.25, -0.2) is 21.6 Å². The topological polar surface area (TPSA) is 74.7 Å². The first-order chi connectivity index (χ1) is 9.64. The quantitative estimate of drug-likeness (QED) is 0.854. The Hall–Kier alpha value is -1.61. The molecule has 0 radical (unpaired) electrons. The van der Waals surface area contributed by atoms with Gasteiger partial charge in [-0.15, -0.1) is 0 Å². The van der Waals surface area contributed by atoms with Gasteiger partial charge >= 0.3 is 5.97 Å². The van der Waals surface area contributed by atoms with Gasteiger partial charge in [0.25, 0.3) is 0 Å². The Morgan fingerprint density at radius 2 is 1.76 bits per heavy atom. The van der Waals surface area contributed by atoms with Crippen LogP contribution in [0.4, 0.5) is 13.2 Å². The van der Waals surface area contributed by atoms with E-state index in [0.29, 0.717) is 0 Å². The van der Waals surface area contributed by atoms with Crippen molar-refractivity contribution in [3.8, 4) is 0 Å². The van der Waals surface area contributed by atoms with Crippen molar-refractivity contribution in [1.29, 1.82) is 0 Å². The van der Waals surface area contributed by atoms with Gasteiger partial charge in [-0.1, -0.05) is 6.92 Å². The zero-order valence-electron chi connectivity index (χ0n) is 10.9. The van der Waals surface area contributed by atoms with E-state index in [-0.39, 0.29) is 25.2 Å². The van der Waals surface area contributed by atoms with Crippen molar-refractivity contribution in [2.75, 3.05) is 13.1 Å². The molecular weight excluding hydrogens is 311 g/mol. The van der Waals surface area contributed by atoms with Crippen LogP contribution in [0.5, 0.6) is 0 Å². The Morgan fingerprint density at radius 3 is 2.29 bits per heavy atom. The summed E-state index contributed by atoms with van der Waals surface area (Å²) in [7, 11) is -4.42. The number of rotatable bonds is 3. The summed E-state index contributed by atoms with van der Waals surface area (Å²) < 4.78 is 64.8. The van der Waals surface area contributed by atoms with Crippen molar-refractivity contribution in [3.63, 3.8) is 0 Å². The van der Waals surface area contributed by atoms with Gasteiger partial charge < -0.3 is 5.11 Å². The van der Waals surface area contributed by atoms with Crippen LogP contribution in [0.25, 0.3) is 0 Å². The minimum atomic E-state index is -4.42. The lowest BCUT2D eigenvalue weighted by atomic mass is 9.99. The maximum Gasteiger partial charge on any atom is 0.308 e. The van der Waals surface area contributed by atoms with Gasteiger partial charge in [0.1, 0.15) is 10.7 Å². The maximum atomic E-state index is 13.6. The molecular formula is C12H12F3NO4S. The van der Waals surface area contributed by atoms with Crippen molar-refractivity contribution in [1.82, 2.24) is 4.31 Å². The fourth-order valence-electron chi connectivity index (χ4n) is 2.28. The second-order valence-electron chi connectivity index (χ2n) is 4.94. The molecule has 1 aliphatic rings. The molecule has 0 saturated carbocycles. The summed E-state index contributed by atoms with van der Waals surface area (Å²) in [5.41, 5.74) is 0. The highest BCUT2D eigenvalue weighted by Crippen LogP contribution is 2.30. The number of aliphatic carboxylic acids is 1. The molecule has 1 N–H and O–H groups in total. The normalized spacial score (nSPS) is 23.4. The summed E-state index contributed by atoms with van der Waals surface area (Å²) >= 11 is 0. The Balaban J connectivity index is 2.40. The Kier molecular flexibility index (Phi) is 3.98. The first-order valence-corrected chi connectivity index (χ1v) is 7.46. The number of hydrogen-bond acceptors (Lipinski definition) is 3. The molecule has 1 aromatic rings. The largest absolute Gasteiger partial charge is 0.481 e. The molecule has 116 valence electrons. The van der Waals surface area contributed by atoms with Crippen molar-refractivity contribution in [2.45, 2.75) is 11.8 Å². The van der Waals surface area contributed by atoms with E-state index in [1.807, 2.05) is 0 Å². The average molecular weight is 323 g/mol. The maximum absolute atomic E-state index is 13.6. The SMILES string of the molecule is C[C@@H]1CN(S(=O)(=O)c2cc(F)c(F)cc2F)C[C@H]1C(=O)O. The molecule has 0 spiro atoms. The molecule has 1 aliphatic heterocycles. The summed E-state index contributed by atoms with van der Waals surface area (Å²) in [6.07, 6.45) is 0. The highest BCUT2D eigenvalue weighted by atomic mass is 32.2. The number of halogens is 3. The van der Waals surface area contributed by atoms with Gasteiger partial charge in [0.05, 0.1) is 5.92 Å². The lowest BCUT2D eigenvalue weighted by molar-refractivity contribution is -0.142. The second kappa shape index (κ2) is 5.30. The van der Waals surface area contributed by atoms with Crippen molar-refractivity contribution in [2.24, 2.45) is 11.8 Å². The minimum Gasteiger partial charge on any atom is -0.481 e. The number of sulfonamides is 1. The van der Waals surface area contributed by atoms with Crippen LogP contribution in [0.1, 0.15) is 6.92 Å². The van der Waals surface area contributed by atoms with E-state index in [9.17, 15) is 26.4 Å². The number of hydrogen-bond donors (Lipinski definition) is 1. The lowest BCUT2D eigenvalue weighted by Crippen LogP contribution is -2.30. The van der Waals surface area contributed by atoms with Crippen molar-refractivity contribution >= 4 is 16.0 Å². The van der Waals surface area contributed by atoms with E-state index in [4.69, 9.17) is 5.11 Å². The Morgan fingerprint density at radius 1 is 1.19 bits per heavy atom. The molecule has 0 amide bonds. The second-order valence-corrected chi connectivity index (χ2v) is 6.85. The molecule has 2 rings (SSSR count). The van der Waals surface area contributed by atoms with Gasteiger partial charge in [0.2, 0.25) is 10.0 Å². The van der Waals surface area contributed by atoms with Gasteiger partial charge in [-0.3, -0.25) is 4.79 Å². The summed E-state index contributed by atoms with van der Waals surface area (Å²) in [4.78, 5) is 9.98. The first kappa shape index (κ1) is 15.8. The van der Waals surface area contributed by atoms with Crippen LogP contribution >= 0.6 is 0 Å². The third-order valence-electron chi connectivity index (χ3n) is 3.49. The molecule has 1 fully saturated rings. The molecule has 9 heteroatoms.